The molecule has 0 spiro atoms. The van der Waals surface area contributed by atoms with Gasteiger partial charge in [-0.2, -0.15) is 0 Å². The lowest BCUT2D eigenvalue weighted by Crippen LogP contribution is -2.02. The second kappa shape index (κ2) is 4.45. The van der Waals surface area contributed by atoms with Gasteiger partial charge in [0.25, 0.3) is 0 Å². The Morgan fingerprint density at radius 1 is 1.44 bits per heavy atom. The van der Waals surface area contributed by atoms with Crippen molar-refractivity contribution in [1.82, 2.24) is 4.98 Å². The predicted molar refractivity (Wildman–Crippen MR) is 59.4 cm³/mol. The minimum absolute atomic E-state index is 0.266. The van der Waals surface area contributed by atoms with Crippen molar-refractivity contribution in [3.8, 4) is 11.3 Å². The first kappa shape index (κ1) is 10.8. The molecule has 0 atom stereocenters. The highest BCUT2D eigenvalue weighted by atomic mass is 19.1. The number of rotatable bonds is 3. The molecule has 16 heavy (non-hydrogen) atoms. The molecular weight excluding hydrogens is 207 g/mol. The molecule has 0 saturated carbocycles. The largest absolute Gasteiger partial charge is 0.441 e. The summed E-state index contributed by atoms with van der Waals surface area (Å²) in [6.45, 7) is 2.19. The third-order valence-electron chi connectivity index (χ3n) is 2.37. The molecule has 0 aliphatic heterocycles. The van der Waals surface area contributed by atoms with Gasteiger partial charge in [0.15, 0.2) is 11.7 Å². The number of nitrogens with zero attached hydrogens (tertiary/aromatic N) is 1. The van der Waals surface area contributed by atoms with Crippen LogP contribution in [0, 0.1) is 12.7 Å². The van der Waals surface area contributed by atoms with Crippen molar-refractivity contribution < 1.29 is 8.81 Å². The fraction of sp³-hybridized carbons (Fsp3) is 0.250. The van der Waals surface area contributed by atoms with Crippen LogP contribution in [0.2, 0.25) is 0 Å². The van der Waals surface area contributed by atoms with Gasteiger partial charge in [0, 0.05) is 13.0 Å². The zero-order chi connectivity index (χ0) is 11.5. The first-order valence-corrected chi connectivity index (χ1v) is 5.12. The summed E-state index contributed by atoms with van der Waals surface area (Å²) in [6, 6.07) is 5.18. The molecule has 2 rings (SSSR count). The average Bonchev–Trinajstić information content (AvgIpc) is 2.71. The third kappa shape index (κ3) is 1.97. The molecule has 0 unspecified atom stereocenters. The maximum Gasteiger partial charge on any atom is 0.196 e. The molecule has 2 N–H and O–H groups in total. The number of aryl methyl sites for hydroxylation is 1. The highest BCUT2D eigenvalue weighted by Crippen LogP contribution is 2.25. The molecule has 1 aromatic heterocycles. The Bertz CT molecular complexity index is 494. The molecule has 2 aromatic rings. The van der Waals surface area contributed by atoms with E-state index in [0.29, 0.717) is 35.7 Å². The molecule has 0 bridgehead atoms. The number of nitrogens with two attached hydrogens (primary N) is 1. The van der Waals surface area contributed by atoms with Gasteiger partial charge < -0.3 is 10.2 Å². The Morgan fingerprint density at radius 3 is 3.00 bits per heavy atom. The summed E-state index contributed by atoms with van der Waals surface area (Å²) in [5.41, 5.74) is 6.42. The number of hydrogen-bond donors (Lipinski definition) is 1. The highest BCUT2D eigenvalue weighted by Gasteiger charge is 2.11. The molecule has 0 aliphatic carbocycles. The molecule has 1 aromatic carbocycles. The predicted octanol–water partition coefficient (Wildman–Crippen LogP) is 2.29. The molecule has 3 nitrogen and oxygen atoms in total. The van der Waals surface area contributed by atoms with Crippen LogP contribution < -0.4 is 5.73 Å². The van der Waals surface area contributed by atoms with Crippen LogP contribution in [0.25, 0.3) is 11.3 Å². The Balaban J connectivity index is 2.39. The van der Waals surface area contributed by atoms with Gasteiger partial charge in [0.1, 0.15) is 5.82 Å². The van der Waals surface area contributed by atoms with E-state index in [0.717, 1.165) is 0 Å². The van der Waals surface area contributed by atoms with E-state index < -0.39 is 0 Å². The van der Waals surface area contributed by atoms with Gasteiger partial charge in [-0.15, -0.1) is 0 Å². The van der Waals surface area contributed by atoms with Crippen molar-refractivity contribution in [3.63, 3.8) is 0 Å². The van der Waals surface area contributed by atoms with Crippen LogP contribution in [-0.2, 0) is 6.42 Å². The van der Waals surface area contributed by atoms with Gasteiger partial charge in [0.05, 0.1) is 11.8 Å². The van der Waals surface area contributed by atoms with E-state index in [1.165, 1.54) is 6.20 Å². The maximum absolute atomic E-state index is 13.8. The number of aromatic nitrogens is 1. The lowest BCUT2D eigenvalue weighted by atomic mass is 10.1. The van der Waals surface area contributed by atoms with E-state index in [-0.39, 0.29) is 5.82 Å². The van der Waals surface area contributed by atoms with Crippen LogP contribution in [0.15, 0.2) is 28.8 Å². The molecule has 4 heteroatoms. The Morgan fingerprint density at radius 2 is 2.25 bits per heavy atom. The number of hydrogen-bond acceptors (Lipinski definition) is 3. The summed E-state index contributed by atoms with van der Waals surface area (Å²) in [6.07, 6.45) is 2.09. The standard InChI is InChI=1S/C12H13FN2O/c1-8-3-2-4-9(12(8)13)10-7-15-11(16-10)5-6-14/h2-4,7H,5-6,14H2,1H3. The van der Waals surface area contributed by atoms with E-state index in [2.05, 4.69) is 4.98 Å². The number of benzene rings is 1. The van der Waals surface area contributed by atoms with Crippen LogP contribution in [-0.4, -0.2) is 11.5 Å². The Hall–Kier alpha value is -1.68. The van der Waals surface area contributed by atoms with E-state index in [9.17, 15) is 4.39 Å². The van der Waals surface area contributed by atoms with Gasteiger partial charge in [0.2, 0.25) is 0 Å². The van der Waals surface area contributed by atoms with Gasteiger partial charge in [-0.3, -0.25) is 0 Å². The Kier molecular flexibility index (Phi) is 3.01. The van der Waals surface area contributed by atoms with Gasteiger partial charge >= 0.3 is 0 Å². The second-order valence-electron chi connectivity index (χ2n) is 3.59. The zero-order valence-electron chi connectivity index (χ0n) is 9.03. The third-order valence-corrected chi connectivity index (χ3v) is 2.37. The van der Waals surface area contributed by atoms with E-state index in [1.807, 2.05) is 0 Å². The van der Waals surface area contributed by atoms with Crippen LogP contribution in [0.1, 0.15) is 11.5 Å². The van der Waals surface area contributed by atoms with Crippen molar-refractivity contribution in [2.24, 2.45) is 5.73 Å². The molecule has 1 heterocycles. The zero-order valence-corrected chi connectivity index (χ0v) is 9.03. The topological polar surface area (TPSA) is 52.0 Å². The summed E-state index contributed by atoms with van der Waals surface area (Å²) in [5, 5.41) is 0. The summed E-state index contributed by atoms with van der Waals surface area (Å²) in [7, 11) is 0. The van der Waals surface area contributed by atoms with Crippen molar-refractivity contribution >= 4 is 0 Å². The van der Waals surface area contributed by atoms with Crippen molar-refractivity contribution in [2.75, 3.05) is 6.54 Å². The molecule has 0 amide bonds. The second-order valence-corrected chi connectivity index (χ2v) is 3.59. The van der Waals surface area contributed by atoms with Crippen LogP contribution in [0.5, 0.6) is 0 Å². The van der Waals surface area contributed by atoms with Crippen LogP contribution in [0.4, 0.5) is 4.39 Å². The molecule has 84 valence electrons. The smallest absolute Gasteiger partial charge is 0.196 e. The van der Waals surface area contributed by atoms with Crippen LogP contribution >= 0.6 is 0 Å². The summed E-state index contributed by atoms with van der Waals surface area (Å²) >= 11 is 0. The normalized spacial score (nSPS) is 10.7. The quantitative estimate of drug-likeness (QED) is 0.863. The first-order chi connectivity index (χ1) is 7.72. The average molecular weight is 220 g/mol. The molecular formula is C12H13FN2O. The summed E-state index contributed by atoms with van der Waals surface area (Å²) in [5.74, 6) is 0.723. The SMILES string of the molecule is Cc1cccc(-c2cnc(CCN)o2)c1F. The minimum Gasteiger partial charge on any atom is -0.441 e. The summed E-state index contributed by atoms with van der Waals surface area (Å²) < 4.78 is 19.2. The molecule has 0 fully saturated rings. The summed E-state index contributed by atoms with van der Waals surface area (Å²) in [4.78, 5) is 4.04. The minimum atomic E-state index is -0.266. The fourth-order valence-corrected chi connectivity index (χ4v) is 1.51. The van der Waals surface area contributed by atoms with E-state index >= 15 is 0 Å². The van der Waals surface area contributed by atoms with Crippen molar-refractivity contribution in [1.29, 1.82) is 0 Å². The van der Waals surface area contributed by atoms with Gasteiger partial charge in [-0.05, 0) is 18.6 Å². The molecule has 0 aliphatic rings. The number of oxazole rings is 1. The van der Waals surface area contributed by atoms with Crippen molar-refractivity contribution in [2.45, 2.75) is 13.3 Å². The first-order valence-electron chi connectivity index (χ1n) is 5.12. The lowest BCUT2D eigenvalue weighted by molar-refractivity contribution is 0.503. The van der Waals surface area contributed by atoms with Gasteiger partial charge in [-0.1, -0.05) is 12.1 Å². The number of halogens is 1. The Labute approximate surface area is 93.1 Å². The van der Waals surface area contributed by atoms with E-state index in [1.54, 1.807) is 25.1 Å². The lowest BCUT2D eigenvalue weighted by Gasteiger charge is -2.01. The monoisotopic (exact) mass is 220 g/mol. The molecule has 0 saturated heterocycles. The maximum atomic E-state index is 13.8. The van der Waals surface area contributed by atoms with Crippen molar-refractivity contribution in [3.05, 3.63) is 41.7 Å². The molecule has 0 radical (unpaired) electrons. The highest BCUT2D eigenvalue weighted by molar-refractivity contribution is 5.58. The van der Waals surface area contributed by atoms with Crippen LogP contribution in [0.3, 0.4) is 0 Å². The van der Waals surface area contributed by atoms with Gasteiger partial charge in [-0.25, -0.2) is 9.37 Å². The fourth-order valence-electron chi connectivity index (χ4n) is 1.51. The van der Waals surface area contributed by atoms with E-state index in [4.69, 9.17) is 10.2 Å².